The normalized spacial score (nSPS) is 10.2. The largest absolute Gasteiger partial charge is 0.419 e. The summed E-state index contributed by atoms with van der Waals surface area (Å²) in [6, 6.07) is 6.51. The molecule has 0 unspecified atom stereocenters. The average molecular weight is 381 g/mol. The van der Waals surface area contributed by atoms with Gasteiger partial charge >= 0.3 is 11.7 Å². The zero-order chi connectivity index (χ0) is 18.2. The van der Waals surface area contributed by atoms with E-state index in [1.165, 1.54) is 21.6 Å². The number of ether oxygens (including phenoxy) is 1. The van der Waals surface area contributed by atoms with E-state index in [1.54, 1.807) is 12.4 Å². The second-order valence-corrected chi connectivity index (χ2v) is 6.97. The standard InChI is InChI=1S/C14H11N3O6S2/c18-14(5-8-24-25-11-3-6-15-7-4-11)23-13-2-1-10(16(19)20)9-12(13)17(21)22/h1-4,6-7,9H,5,8H2. The lowest BCUT2D eigenvalue weighted by atomic mass is 10.2. The molecule has 0 atom stereocenters. The SMILES string of the molecule is O=C(CCSSc1ccncc1)Oc1ccc([N+](=O)[O-])cc1[N+](=O)[O-]. The van der Waals surface area contributed by atoms with Crippen molar-refractivity contribution in [3.05, 3.63) is 63.0 Å². The molecule has 2 rings (SSSR count). The van der Waals surface area contributed by atoms with Gasteiger partial charge in [0.1, 0.15) is 0 Å². The Bertz CT molecular complexity index is 787. The third kappa shape index (κ3) is 5.72. The van der Waals surface area contributed by atoms with Crippen molar-refractivity contribution in [3.63, 3.8) is 0 Å². The summed E-state index contributed by atoms with van der Waals surface area (Å²) < 4.78 is 4.96. The van der Waals surface area contributed by atoms with Crippen molar-refractivity contribution in [1.82, 2.24) is 4.98 Å². The Labute approximate surface area is 149 Å². The molecule has 2 aromatic rings. The Morgan fingerprint density at radius 2 is 1.84 bits per heavy atom. The van der Waals surface area contributed by atoms with E-state index in [1.807, 2.05) is 12.1 Å². The Morgan fingerprint density at radius 3 is 2.48 bits per heavy atom. The molecule has 0 aliphatic rings. The van der Waals surface area contributed by atoms with Crippen molar-refractivity contribution >= 4 is 38.9 Å². The number of non-ortho nitro benzene ring substituents is 1. The third-order valence-corrected chi connectivity index (χ3v) is 5.15. The van der Waals surface area contributed by atoms with E-state index in [0.29, 0.717) is 5.75 Å². The van der Waals surface area contributed by atoms with Crippen LogP contribution in [0.5, 0.6) is 5.75 Å². The third-order valence-electron chi connectivity index (χ3n) is 2.77. The summed E-state index contributed by atoms with van der Waals surface area (Å²) in [7, 11) is 2.89. The van der Waals surface area contributed by atoms with Crippen LogP contribution in [-0.4, -0.2) is 26.6 Å². The molecule has 0 spiro atoms. The molecule has 0 amide bonds. The van der Waals surface area contributed by atoms with E-state index >= 15 is 0 Å². The molecule has 9 nitrogen and oxygen atoms in total. The number of rotatable bonds is 8. The number of hydrogen-bond acceptors (Lipinski definition) is 9. The van der Waals surface area contributed by atoms with Crippen LogP contribution in [0.3, 0.4) is 0 Å². The van der Waals surface area contributed by atoms with Gasteiger partial charge in [-0.1, -0.05) is 21.6 Å². The number of aromatic nitrogens is 1. The fourth-order valence-corrected chi connectivity index (χ4v) is 3.59. The predicted octanol–water partition coefficient (Wildman–Crippen LogP) is 3.63. The van der Waals surface area contributed by atoms with Crippen LogP contribution in [0.1, 0.15) is 6.42 Å². The van der Waals surface area contributed by atoms with Crippen LogP contribution in [0.4, 0.5) is 11.4 Å². The van der Waals surface area contributed by atoms with E-state index in [-0.39, 0.29) is 12.2 Å². The highest BCUT2D eigenvalue weighted by Crippen LogP contribution is 2.33. The van der Waals surface area contributed by atoms with E-state index in [4.69, 9.17) is 4.74 Å². The zero-order valence-corrected chi connectivity index (χ0v) is 14.2. The number of carbonyl (C=O) groups excluding carboxylic acids is 1. The minimum atomic E-state index is -0.830. The fourth-order valence-electron chi connectivity index (χ4n) is 1.65. The van der Waals surface area contributed by atoms with Crippen LogP contribution in [-0.2, 0) is 4.79 Å². The Balaban J connectivity index is 1.89. The molecule has 0 aliphatic carbocycles. The predicted molar refractivity (Wildman–Crippen MR) is 92.6 cm³/mol. The van der Waals surface area contributed by atoms with Gasteiger partial charge in [-0.05, 0) is 18.2 Å². The molecule has 0 fully saturated rings. The molecule has 0 radical (unpaired) electrons. The number of nitro benzene ring substituents is 2. The molecular formula is C14H11N3O6S2. The van der Waals surface area contributed by atoms with Gasteiger partial charge in [-0.25, -0.2) is 0 Å². The molecular weight excluding hydrogens is 370 g/mol. The van der Waals surface area contributed by atoms with Crippen molar-refractivity contribution in [2.24, 2.45) is 0 Å². The number of hydrogen-bond donors (Lipinski definition) is 0. The van der Waals surface area contributed by atoms with Crippen LogP contribution < -0.4 is 4.74 Å². The quantitative estimate of drug-likeness (QED) is 0.168. The molecule has 1 aromatic carbocycles. The summed E-state index contributed by atoms with van der Waals surface area (Å²) in [6.07, 6.45) is 3.35. The van der Waals surface area contributed by atoms with Crippen LogP contribution in [0.2, 0.25) is 0 Å². The maximum atomic E-state index is 11.8. The molecule has 0 saturated heterocycles. The van der Waals surface area contributed by atoms with Gasteiger partial charge < -0.3 is 4.74 Å². The maximum Gasteiger partial charge on any atom is 0.318 e. The van der Waals surface area contributed by atoms with Gasteiger partial charge in [0.25, 0.3) is 5.69 Å². The average Bonchev–Trinajstić information content (AvgIpc) is 2.59. The van der Waals surface area contributed by atoms with Gasteiger partial charge in [0.15, 0.2) is 0 Å². The molecule has 0 saturated carbocycles. The highest BCUT2D eigenvalue weighted by Gasteiger charge is 2.22. The van der Waals surface area contributed by atoms with Crippen LogP contribution in [0.15, 0.2) is 47.6 Å². The number of nitro groups is 2. The number of benzene rings is 1. The molecule has 0 bridgehead atoms. The van der Waals surface area contributed by atoms with E-state index < -0.39 is 27.2 Å². The van der Waals surface area contributed by atoms with Crippen molar-refractivity contribution in [2.45, 2.75) is 11.3 Å². The monoisotopic (exact) mass is 381 g/mol. The molecule has 1 heterocycles. The van der Waals surface area contributed by atoms with Crippen LogP contribution in [0.25, 0.3) is 0 Å². The van der Waals surface area contributed by atoms with E-state index in [2.05, 4.69) is 4.98 Å². The molecule has 130 valence electrons. The van der Waals surface area contributed by atoms with Gasteiger partial charge in [0.05, 0.1) is 22.3 Å². The van der Waals surface area contributed by atoms with Gasteiger partial charge in [0, 0.05) is 29.1 Å². The van der Waals surface area contributed by atoms with Crippen molar-refractivity contribution in [2.75, 3.05) is 5.75 Å². The number of carbonyl (C=O) groups is 1. The lowest BCUT2D eigenvalue weighted by molar-refractivity contribution is -0.394. The van der Waals surface area contributed by atoms with E-state index in [0.717, 1.165) is 23.1 Å². The Morgan fingerprint density at radius 1 is 1.12 bits per heavy atom. The minimum Gasteiger partial charge on any atom is -0.419 e. The smallest absolute Gasteiger partial charge is 0.318 e. The fraction of sp³-hybridized carbons (Fsp3) is 0.143. The lowest BCUT2D eigenvalue weighted by Crippen LogP contribution is -2.10. The second kappa shape index (κ2) is 8.99. The molecule has 1 aromatic heterocycles. The summed E-state index contributed by atoms with van der Waals surface area (Å²) in [5.41, 5.74) is -1.07. The Kier molecular flexibility index (Phi) is 6.71. The molecule has 0 N–H and O–H groups in total. The highest BCUT2D eigenvalue weighted by atomic mass is 33.1. The summed E-state index contributed by atoms with van der Waals surface area (Å²) in [4.78, 5) is 36.7. The molecule has 11 heteroatoms. The second-order valence-electron chi connectivity index (χ2n) is 4.48. The minimum absolute atomic E-state index is 0.0386. The topological polar surface area (TPSA) is 125 Å². The summed E-state index contributed by atoms with van der Waals surface area (Å²) in [6.45, 7) is 0. The number of pyridine rings is 1. The first-order chi connectivity index (χ1) is 12.0. The van der Waals surface area contributed by atoms with Gasteiger partial charge in [-0.2, -0.15) is 0 Å². The van der Waals surface area contributed by atoms with Gasteiger partial charge in [0.2, 0.25) is 5.75 Å². The first kappa shape index (κ1) is 18.7. The van der Waals surface area contributed by atoms with Gasteiger partial charge in [-0.15, -0.1) is 0 Å². The van der Waals surface area contributed by atoms with Crippen LogP contribution >= 0.6 is 21.6 Å². The van der Waals surface area contributed by atoms with Crippen molar-refractivity contribution < 1.29 is 19.4 Å². The summed E-state index contributed by atoms with van der Waals surface area (Å²) in [5, 5.41) is 21.6. The first-order valence-corrected chi connectivity index (χ1v) is 9.12. The maximum absolute atomic E-state index is 11.8. The number of esters is 1. The van der Waals surface area contributed by atoms with Crippen molar-refractivity contribution in [3.8, 4) is 5.75 Å². The van der Waals surface area contributed by atoms with Gasteiger partial charge in [-0.3, -0.25) is 30.0 Å². The summed E-state index contributed by atoms with van der Waals surface area (Å²) in [5.74, 6) is -0.528. The van der Waals surface area contributed by atoms with Crippen LogP contribution in [0, 0.1) is 20.2 Å². The zero-order valence-electron chi connectivity index (χ0n) is 12.6. The summed E-state index contributed by atoms with van der Waals surface area (Å²) >= 11 is 0. The van der Waals surface area contributed by atoms with Crippen molar-refractivity contribution in [1.29, 1.82) is 0 Å². The molecule has 25 heavy (non-hydrogen) atoms. The lowest BCUT2D eigenvalue weighted by Gasteiger charge is -2.05. The molecule has 0 aliphatic heterocycles. The Hall–Kier alpha value is -2.66. The first-order valence-electron chi connectivity index (χ1n) is 6.80. The highest BCUT2D eigenvalue weighted by molar-refractivity contribution is 8.76. The van der Waals surface area contributed by atoms with E-state index in [9.17, 15) is 25.0 Å². The number of nitrogens with zero attached hydrogens (tertiary/aromatic N) is 3.